The van der Waals surface area contributed by atoms with Gasteiger partial charge in [-0.3, -0.25) is 4.98 Å². The molecule has 1 saturated heterocycles. The number of pyridine rings is 1. The summed E-state index contributed by atoms with van der Waals surface area (Å²) in [5, 5.41) is 12.2. The first-order valence-electron chi connectivity index (χ1n) is 5.16. The first-order valence-corrected chi connectivity index (χ1v) is 5.16. The van der Waals surface area contributed by atoms with E-state index in [2.05, 4.69) is 16.4 Å². The summed E-state index contributed by atoms with van der Waals surface area (Å²) < 4.78 is 0. The van der Waals surface area contributed by atoms with Crippen molar-refractivity contribution < 1.29 is 5.11 Å². The molecule has 3 nitrogen and oxygen atoms in total. The summed E-state index contributed by atoms with van der Waals surface area (Å²) >= 11 is 0. The lowest BCUT2D eigenvalue weighted by Gasteiger charge is -2.22. The van der Waals surface area contributed by atoms with Crippen molar-refractivity contribution in [3.8, 4) is 0 Å². The summed E-state index contributed by atoms with van der Waals surface area (Å²) in [5.41, 5.74) is 2.06. The third-order valence-corrected chi connectivity index (χ3v) is 2.82. The molecule has 0 aliphatic carbocycles. The van der Waals surface area contributed by atoms with Gasteiger partial charge in [-0.1, -0.05) is 6.07 Å². The lowest BCUT2D eigenvalue weighted by Crippen LogP contribution is -2.26. The van der Waals surface area contributed by atoms with Crippen molar-refractivity contribution in [3.63, 3.8) is 0 Å². The lowest BCUT2D eigenvalue weighted by atomic mass is 9.91. The number of aliphatic hydroxyl groups is 1. The van der Waals surface area contributed by atoms with Crippen LogP contribution in [0.25, 0.3) is 0 Å². The average Bonchev–Trinajstić information content (AvgIpc) is 2.30. The maximum absolute atomic E-state index is 8.87. The van der Waals surface area contributed by atoms with Crippen molar-refractivity contribution in [1.29, 1.82) is 0 Å². The van der Waals surface area contributed by atoms with E-state index in [-0.39, 0.29) is 31.4 Å². The monoisotopic (exact) mass is 264 g/mol. The number of hydrogen-bond donors (Lipinski definition) is 2. The van der Waals surface area contributed by atoms with Gasteiger partial charge in [0.15, 0.2) is 0 Å². The summed E-state index contributed by atoms with van der Waals surface area (Å²) in [6, 6.07) is 4.01. The third-order valence-electron chi connectivity index (χ3n) is 2.82. The molecule has 0 amide bonds. The molecule has 2 heterocycles. The SMILES string of the molecule is Cl.Cl.OCc1ccc(C2CCNCC2)cn1. The van der Waals surface area contributed by atoms with Gasteiger partial charge in [0.25, 0.3) is 0 Å². The highest BCUT2D eigenvalue weighted by Crippen LogP contribution is 2.24. The van der Waals surface area contributed by atoms with Crippen LogP contribution in [0.5, 0.6) is 0 Å². The van der Waals surface area contributed by atoms with Crippen molar-refractivity contribution in [2.75, 3.05) is 13.1 Å². The van der Waals surface area contributed by atoms with Crippen molar-refractivity contribution in [2.45, 2.75) is 25.4 Å². The van der Waals surface area contributed by atoms with Gasteiger partial charge in [0.2, 0.25) is 0 Å². The maximum Gasteiger partial charge on any atom is 0.0852 e. The Labute approximate surface area is 108 Å². The van der Waals surface area contributed by atoms with E-state index in [1.807, 2.05) is 12.3 Å². The highest BCUT2D eigenvalue weighted by molar-refractivity contribution is 5.85. The van der Waals surface area contributed by atoms with E-state index in [0.29, 0.717) is 5.92 Å². The summed E-state index contributed by atoms with van der Waals surface area (Å²) in [6.07, 6.45) is 4.29. The molecule has 0 aromatic carbocycles. The molecule has 92 valence electrons. The number of nitrogens with one attached hydrogen (secondary N) is 1. The number of piperidine rings is 1. The molecule has 0 bridgehead atoms. The van der Waals surface area contributed by atoms with Crippen molar-refractivity contribution >= 4 is 24.8 Å². The Kier molecular flexibility index (Phi) is 7.68. The van der Waals surface area contributed by atoms with Gasteiger partial charge in [-0.2, -0.15) is 0 Å². The molecule has 0 saturated carbocycles. The molecular weight excluding hydrogens is 247 g/mol. The molecule has 0 unspecified atom stereocenters. The largest absolute Gasteiger partial charge is 0.390 e. The van der Waals surface area contributed by atoms with E-state index in [1.165, 1.54) is 18.4 Å². The number of halogens is 2. The summed E-state index contributed by atoms with van der Waals surface area (Å²) in [4.78, 5) is 4.20. The van der Waals surface area contributed by atoms with Gasteiger partial charge in [-0.25, -0.2) is 0 Å². The van der Waals surface area contributed by atoms with Crippen LogP contribution in [0.2, 0.25) is 0 Å². The van der Waals surface area contributed by atoms with Crippen molar-refractivity contribution in [3.05, 3.63) is 29.6 Å². The van der Waals surface area contributed by atoms with Crippen LogP contribution in [0.1, 0.15) is 30.0 Å². The van der Waals surface area contributed by atoms with E-state index in [4.69, 9.17) is 5.11 Å². The fourth-order valence-electron chi connectivity index (χ4n) is 1.93. The van der Waals surface area contributed by atoms with E-state index in [1.54, 1.807) is 0 Å². The Morgan fingerprint density at radius 3 is 2.44 bits per heavy atom. The van der Waals surface area contributed by atoms with Gasteiger partial charge in [0, 0.05) is 6.20 Å². The van der Waals surface area contributed by atoms with Gasteiger partial charge in [-0.15, -0.1) is 24.8 Å². The number of hydrogen-bond acceptors (Lipinski definition) is 3. The molecule has 0 atom stereocenters. The first kappa shape index (κ1) is 15.7. The van der Waals surface area contributed by atoms with Crippen LogP contribution < -0.4 is 5.32 Å². The Morgan fingerprint density at radius 2 is 1.94 bits per heavy atom. The smallest absolute Gasteiger partial charge is 0.0852 e. The van der Waals surface area contributed by atoms with Crippen LogP contribution in [0, 0.1) is 0 Å². The molecule has 0 spiro atoms. The zero-order valence-electron chi connectivity index (χ0n) is 9.06. The topological polar surface area (TPSA) is 45.1 Å². The Bertz CT molecular complexity index is 287. The molecule has 1 aliphatic heterocycles. The van der Waals surface area contributed by atoms with Crippen LogP contribution in [-0.2, 0) is 6.61 Å². The normalized spacial score (nSPS) is 16.1. The highest BCUT2D eigenvalue weighted by Gasteiger charge is 2.14. The first-order chi connectivity index (χ1) is 6.90. The molecule has 1 aromatic heterocycles. The molecule has 2 N–H and O–H groups in total. The highest BCUT2D eigenvalue weighted by atomic mass is 35.5. The molecule has 1 aromatic rings. The van der Waals surface area contributed by atoms with Crippen molar-refractivity contribution in [1.82, 2.24) is 10.3 Å². The van der Waals surface area contributed by atoms with E-state index < -0.39 is 0 Å². The van der Waals surface area contributed by atoms with Gasteiger partial charge < -0.3 is 10.4 Å². The van der Waals surface area contributed by atoms with E-state index in [0.717, 1.165) is 18.8 Å². The quantitative estimate of drug-likeness (QED) is 0.858. The van der Waals surface area contributed by atoms with Crippen molar-refractivity contribution in [2.24, 2.45) is 0 Å². The third kappa shape index (κ3) is 3.91. The molecule has 5 heteroatoms. The van der Waals surface area contributed by atoms with Gasteiger partial charge >= 0.3 is 0 Å². The maximum atomic E-state index is 8.87. The molecule has 16 heavy (non-hydrogen) atoms. The minimum atomic E-state index is 0. The molecule has 1 aliphatic rings. The fraction of sp³-hybridized carbons (Fsp3) is 0.545. The van der Waals surface area contributed by atoms with Crippen LogP contribution in [0.15, 0.2) is 18.3 Å². The predicted molar refractivity (Wildman–Crippen MR) is 69.5 cm³/mol. The van der Waals surface area contributed by atoms with Gasteiger partial charge in [0.1, 0.15) is 0 Å². The summed E-state index contributed by atoms with van der Waals surface area (Å²) in [5.74, 6) is 0.650. The van der Waals surface area contributed by atoms with Gasteiger partial charge in [-0.05, 0) is 43.5 Å². The number of aliphatic hydroxyl groups excluding tert-OH is 1. The Hall–Kier alpha value is -0.350. The molecule has 0 radical (unpaired) electrons. The minimum Gasteiger partial charge on any atom is -0.390 e. The fourth-order valence-corrected chi connectivity index (χ4v) is 1.93. The number of aromatic nitrogens is 1. The van der Waals surface area contributed by atoms with Crippen LogP contribution in [0.4, 0.5) is 0 Å². The lowest BCUT2D eigenvalue weighted by molar-refractivity contribution is 0.276. The number of nitrogens with zero attached hydrogens (tertiary/aromatic N) is 1. The van der Waals surface area contributed by atoms with Crippen LogP contribution in [0.3, 0.4) is 0 Å². The zero-order valence-corrected chi connectivity index (χ0v) is 10.7. The Morgan fingerprint density at radius 1 is 1.25 bits per heavy atom. The van der Waals surface area contributed by atoms with Gasteiger partial charge in [0.05, 0.1) is 12.3 Å². The predicted octanol–water partition coefficient (Wildman–Crippen LogP) is 1.88. The van der Waals surface area contributed by atoms with E-state index in [9.17, 15) is 0 Å². The molecule has 2 rings (SSSR count). The molecular formula is C11H18Cl2N2O. The summed E-state index contributed by atoms with van der Waals surface area (Å²) in [7, 11) is 0. The van der Waals surface area contributed by atoms with E-state index >= 15 is 0 Å². The number of rotatable bonds is 2. The second-order valence-electron chi connectivity index (χ2n) is 3.77. The second-order valence-corrected chi connectivity index (χ2v) is 3.77. The standard InChI is InChI=1S/C11H16N2O.2ClH/c14-8-11-2-1-10(7-13-11)9-3-5-12-6-4-9;;/h1-2,7,9,12,14H,3-6,8H2;2*1H. The average molecular weight is 265 g/mol. The Balaban J connectivity index is 0.00000112. The zero-order chi connectivity index (χ0) is 9.80. The summed E-state index contributed by atoms with van der Waals surface area (Å²) in [6.45, 7) is 2.24. The molecule has 1 fully saturated rings. The minimum absolute atomic E-state index is 0. The second kappa shape index (κ2) is 7.85. The van der Waals surface area contributed by atoms with Crippen LogP contribution in [-0.4, -0.2) is 23.2 Å². The van der Waals surface area contributed by atoms with Crippen LogP contribution >= 0.6 is 24.8 Å².